The topological polar surface area (TPSA) is 55.3 Å². The number of benzene rings is 3. The highest BCUT2D eigenvalue weighted by atomic mass is 15.1. The summed E-state index contributed by atoms with van der Waals surface area (Å²) in [5, 5.41) is 5.38. The Morgan fingerprint density at radius 1 is 0.852 bits per heavy atom. The zero-order valence-electron chi connectivity index (χ0n) is 16.5. The second-order valence-corrected chi connectivity index (χ2v) is 7.69. The van der Waals surface area contributed by atoms with Gasteiger partial charge in [-0.3, -0.25) is 4.90 Å². The van der Waals surface area contributed by atoms with Crippen LogP contribution in [-0.2, 0) is 6.54 Å². The SMILES string of the molecule is CC(N)CCCN(CCCCN)Cc1c2ccccc2cc2ccccc12. The van der Waals surface area contributed by atoms with E-state index in [1.807, 2.05) is 0 Å². The van der Waals surface area contributed by atoms with Crippen LogP contribution in [0.3, 0.4) is 0 Å². The lowest BCUT2D eigenvalue weighted by Gasteiger charge is -2.24. The number of hydrogen-bond donors (Lipinski definition) is 2. The molecule has 3 heteroatoms. The summed E-state index contributed by atoms with van der Waals surface area (Å²) in [6, 6.07) is 20.1. The fraction of sp³-hybridized carbons (Fsp3) is 0.417. The zero-order chi connectivity index (χ0) is 19.1. The van der Waals surface area contributed by atoms with Crippen LogP contribution in [0.2, 0.25) is 0 Å². The van der Waals surface area contributed by atoms with E-state index in [0.717, 1.165) is 51.9 Å². The molecule has 0 aromatic heterocycles. The zero-order valence-corrected chi connectivity index (χ0v) is 16.5. The Hall–Kier alpha value is -1.94. The van der Waals surface area contributed by atoms with Crippen molar-refractivity contribution in [3.05, 3.63) is 60.2 Å². The number of nitrogens with two attached hydrogens (primary N) is 2. The molecule has 0 aliphatic carbocycles. The molecule has 0 aliphatic rings. The highest BCUT2D eigenvalue weighted by Crippen LogP contribution is 2.29. The number of fused-ring (bicyclic) bond motifs is 2. The molecule has 3 aromatic rings. The van der Waals surface area contributed by atoms with E-state index in [2.05, 4.69) is 66.4 Å². The fourth-order valence-corrected chi connectivity index (χ4v) is 3.89. The van der Waals surface area contributed by atoms with Crippen molar-refractivity contribution in [3.8, 4) is 0 Å². The van der Waals surface area contributed by atoms with Crippen molar-refractivity contribution in [1.29, 1.82) is 0 Å². The lowest BCUT2D eigenvalue weighted by atomic mass is 9.96. The predicted molar refractivity (Wildman–Crippen MR) is 118 cm³/mol. The number of rotatable bonds is 10. The molecule has 3 rings (SSSR count). The van der Waals surface area contributed by atoms with Gasteiger partial charge in [0.05, 0.1) is 0 Å². The Labute approximate surface area is 163 Å². The minimum atomic E-state index is 0.272. The molecule has 0 bridgehead atoms. The van der Waals surface area contributed by atoms with E-state index in [1.165, 1.54) is 27.1 Å². The van der Waals surface area contributed by atoms with E-state index in [-0.39, 0.29) is 6.04 Å². The van der Waals surface area contributed by atoms with Gasteiger partial charge < -0.3 is 11.5 Å². The van der Waals surface area contributed by atoms with E-state index in [0.29, 0.717) is 0 Å². The van der Waals surface area contributed by atoms with Gasteiger partial charge in [0.15, 0.2) is 0 Å². The molecule has 0 saturated carbocycles. The maximum atomic E-state index is 5.97. The van der Waals surface area contributed by atoms with Crippen molar-refractivity contribution in [2.24, 2.45) is 11.5 Å². The first-order valence-corrected chi connectivity index (χ1v) is 10.3. The molecule has 0 fully saturated rings. The van der Waals surface area contributed by atoms with Crippen LogP contribution >= 0.6 is 0 Å². The van der Waals surface area contributed by atoms with Gasteiger partial charge in [0.2, 0.25) is 0 Å². The molecule has 3 nitrogen and oxygen atoms in total. The summed E-state index contributed by atoms with van der Waals surface area (Å²) in [5.74, 6) is 0. The highest BCUT2D eigenvalue weighted by Gasteiger charge is 2.12. The van der Waals surface area contributed by atoms with Crippen LogP contribution in [0, 0.1) is 0 Å². The monoisotopic (exact) mass is 363 g/mol. The maximum Gasteiger partial charge on any atom is 0.0246 e. The van der Waals surface area contributed by atoms with Gasteiger partial charge >= 0.3 is 0 Å². The second kappa shape index (κ2) is 9.84. The third-order valence-electron chi connectivity index (χ3n) is 5.33. The number of unbranched alkanes of at least 4 members (excludes halogenated alkanes) is 1. The summed E-state index contributed by atoms with van der Waals surface area (Å²) >= 11 is 0. The summed E-state index contributed by atoms with van der Waals surface area (Å²) in [6.45, 7) is 6.02. The fourth-order valence-electron chi connectivity index (χ4n) is 3.89. The van der Waals surface area contributed by atoms with Crippen LogP contribution in [0.5, 0.6) is 0 Å². The number of nitrogens with zero attached hydrogens (tertiary/aromatic N) is 1. The van der Waals surface area contributed by atoms with Gasteiger partial charge in [-0.25, -0.2) is 0 Å². The predicted octanol–water partition coefficient (Wildman–Crippen LogP) is 4.66. The standard InChI is InChI=1S/C24H33N3/c1-19(26)9-8-16-27(15-7-6-14-25)18-24-22-12-4-2-10-20(22)17-21-11-3-5-13-23(21)24/h2-5,10-13,17,19H,6-9,14-16,18,25-26H2,1H3. The summed E-state index contributed by atoms with van der Waals surface area (Å²) in [4.78, 5) is 2.59. The van der Waals surface area contributed by atoms with Gasteiger partial charge in [-0.2, -0.15) is 0 Å². The summed E-state index contributed by atoms with van der Waals surface area (Å²) < 4.78 is 0. The van der Waals surface area contributed by atoms with E-state index < -0.39 is 0 Å². The molecule has 0 saturated heterocycles. The van der Waals surface area contributed by atoms with Gasteiger partial charge in [0.25, 0.3) is 0 Å². The van der Waals surface area contributed by atoms with Crippen LogP contribution in [0.1, 0.15) is 38.2 Å². The molecule has 0 heterocycles. The van der Waals surface area contributed by atoms with Crippen molar-refractivity contribution >= 4 is 21.5 Å². The van der Waals surface area contributed by atoms with Crippen LogP contribution in [-0.4, -0.2) is 30.6 Å². The van der Waals surface area contributed by atoms with Crippen molar-refractivity contribution in [2.45, 2.75) is 45.2 Å². The molecular formula is C24H33N3. The minimum Gasteiger partial charge on any atom is -0.330 e. The lowest BCUT2D eigenvalue weighted by Crippen LogP contribution is -2.27. The third-order valence-corrected chi connectivity index (χ3v) is 5.33. The summed E-state index contributed by atoms with van der Waals surface area (Å²) in [6.07, 6.45) is 4.45. The smallest absolute Gasteiger partial charge is 0.0246 e. The van der Waals surface area contributed by atoms with Crippen LogP contribution < -0.4 is 11.5 Å². The first-order valence-electron chi connectivity index (χ1n) is 10.3. The molecule has 0 amide bonds. The molecule has 1 atom stereocenters. The molecular weight excluding hydrogens is 330 g/mol. The second-order valence-electron chi connectivity index (χ2n) is 7.69. The highest BCUT2D eigenvalue weighted by molar-refractivity contribution is 6.02. The molecule has 0 spiro atoms. The average Bonchev–Trinajstić information content (AvgIpc) is 2.67. The molecule has 0 aliphatic heterocycles. The molecule has 4 N–H and O–H groups in total. The molecule has 0 radical (unpaired) electrons. The molecule has 144 valence electrons. The Balaban J connectivity index is 1.91. The first-order chi connectivity index (χ1) is 13.2. The lowest BCUT2D eigenvalue weighted by molar-refractivity contribution is 0.254. The van der Waals surface area contributed by atoms with Gasteiger partial charge in [-0.05, 0) is 85.4 Å². The van der Waals surface area contributed by atoms with Crippen LogP contribution in [0.15, 0.2) is 54.6 Å². The average molecular weight is 364 g/mol. The van der Waals surface area contributed by atoms with Crippen molar-refractivity contribution in [1.82, 2.24) is 4.90 Å². The molecule has 27 heavy (non-hydrogen) atoms. The van der Waals surface area contributed by atoms with E-state index in [9.17, 15) is 0 Å². The molecule has 1 unspecified atom stereocenters. The number of hydrogen-bond acceptors (Lipinski definition) is 3. The summed E-state index contributed by atoms with van der Waals surface area (Å²) in [7, 11) is 0. The maximum absolute atomic E-state index is 5.97. The third kappa shape index (κ3) is 5.29. The normalized spacial score (nSPS) is 12.9. The van der Waals surface area contributed by atoms with Gasteiger partial charge in [-0.1, -0.05) is 48.5 Å². The Kier molecular flexibility index (Phi) is 7.22. The van der Waals surface area contributed by atoms with E-state index in [4.69, 9.17) is 11.5 Å². The Bertz CT molecular complexity index is 802. The van der Waals surface area contributed by atoms with Gasteiger partial charge in [0.1, 0.15) is 0 Å². The van der Waals surface area contributed by atoms with E-state index >= 15 is 0 Å². The van der Waals surface area contributed by atoms with Gasteiger partial charge in [0, 0.05) is 12.6 Å². The Morgan fingerprint density at radius 2 is 1.44 bits per heavy atom. The van der Waals surface area contributed by atoms with Crippen LogP contribution in [0.4, 0.5) is 0 Å². The largest absolute Gasteiger partial charge is 0.330 e. The summed E-state index contributed by atoms with van der Waals surface area (Å²) in [5.41, 5.74) is 13.1. The van der Waals surface area contributed by atoms with Gasteiger partial charge in [-0.15, -0.1) is 0 Å². The van der Waals surface area contributed by atoms with Crippen molar-refractivity contribution in [3.63, 3.8) is 0 Å². The Morgan fingerprint density at radius 3 is 2.04 bits per heavy atom. The quantitative estimate of drug-likeness (QED) is 0.407. The first kappa shape index (κ1) is 19.8. The van der Waals surface area contributed by atoms with Crippen molar-refractivity contribution in [2.75, 3.05) is 19.6 Å². The van der Waals surface area contributed by atoms with Crippen LogP contribution in [0.25, 0.3) is 21.5 Å². The van der Waals surface area contributed by atoms with Crippen molar-refractivity contribution < 1.29 is 0 Å². The van der Waals surface area contributed by atoms with E-state index in [1.54, 1.807) is 0 Å². The minimum absolute atomic E-state index is 0.272. The molecule has 3 aromatic carbocycles.